The third-order valence-corrected chi connectivity index (χ3v) is 2.61. The molecule has 2 rings (SSSR count). The number of hydrogen-bond acceptors (Lipinski definition) is 2. The first-order valence-corrected chi connectivity index (χ1v) is 4.31. The Morgan fingerprint density at radius 2 is 2.25 bits per heavy atom. The normalized spacial score (nSPS) is 10.8. The molecule has 0 amide bonds. The zero-order chi connectivity index (χ0) is 8.72. The van der Waals surface area contributed by atoms with Crippen molar-refractivity contribution in [3.05, 3.63) is 23.0 Å². The lowest BCUT2D eigenvalue weighted by Crippen LogP contribution is -2.03. The summed E-state index contributed by atoms with van der Waals surface area (Å²) in [6, 6.07) is 2.91. The summed E-state index contributed by atoms with van der Waals surface area (Å²) in [6.45, 7) is 1.84. The molecule has 58 valence electrons. The first-order valence-electron chi connectivity index (χ1n) is 3.49. The maximum Gasteiger partial charge on any atom is 0.142 e. The number of aryl methyl sites for hydroxylation is 1. The molecule has 0 unspecified atom stereocenters. The summed E-state index contributed by atoms with van der Waals surface area (Å²) >= 11 is 1.33. The zero-order valence-electron chi connectivity index (χ0n) is 6.47. The van der Waals surface area contributed by atoms with Gasteiger partial charge in [-0.05, 0) is 13.0 Å². The lowest BCUT2D eigenvalue weighted by atomic mass is 9.95. The molecular weight excluding hydrogens is 172 g/mol. The Balaban J connectivity index is 2.93. The van der Waals surface area contributed by atoms with Gasteiger partial charge in [0, 0.05) is 0 Å². The average Bonchev–Trinajstić information content (AvgIpc) is 2.41. The molecule has 1 aromatic carbocycles. The van der Waals surface area contributed by atoms with Gasteiger partial charge in [0.15, 0.2) is 0 Å². The lowest BCUT2D eigenvalue weighted by Gasteiger charge is -1.93. The summed E-state index contributed by atoms with van der Waals surface area (Å²) in [6.07, 6.45) is 0. The minimum atomic E-state index is -0.246. The number of halogens is 1. The van der Waals surface area contributed by atoms with Gasteiger partial charge >= 0.3 is 0 Å². The van der Waals surface area contributed by atoms with Crippen LogP contribution in [0.1, 0.15) is 5.01 Å². The van der Waals surface area contributed by atoms with Crippen molar-refractivity contribution in [2.24, 2.45) is 0 Å². The maximum absolute atomic E-state index is 13.1. The molecule has 0 fully saturated rings. The Morgan fingerprint density at radius 3 is 2.92 bits per heavy atom. The summed E-state index contributed by atoms with van der Waals surface area (Å²) in [4.78, 5) is 4.13. The molecule has 0 aliphatic rings. The Bertz CT molecular complexity index is 399. The summed E-state index contributed by atoms with van der Waals surface area (Å²) in [5, 5.41) is 0.835. The highest BCUT2D eigenvalue weighted by Crippen LogP contribution is 2.22. The summed E-state index contributed by atoms with van der Waals surface area (Å²) in [5.41, 5.74) is 1.12. The maximum atomic E-state index is 13.1. The molecule has 12 heavy (non-hydrogen) atoms. The average molecular weight is 177 g/mol. The predicted octanol–water partition coefficient (Wildman–Crippen LogP) is 1.54. The van der Waals surface area contributed by atoms with E-state index in [0.29, 0.717) is 15.7 Å². The van der Waals surface area contributed by atoms with Crippen LogP contribution < -0.4 is 5.46 Å². The minimum Gasteiger partial charge on any atom is -0.242 e. The number of rotatable bonds is 0. The Morgan fingerprint density at radius 1 is 1.50 bits per heavy atom. The van der Waals surface area contributed by atoms with Gasteiger partial charge in [-0.3, -0.25) is 0 Å². The Labute approximate surface area is 74.7 Å². The Kier molecular flexibility index (Phi) is 1.65. The van der Waals surface area contributed by atoms with Crippen LogP contribution in [0.2, 0.25) is 0 Å². The summed E-state index contributed by atoms with van der Waals surface area (Å²) in [5.74, 6) is -0.246. The van der Waals surface area contributed by atoms with Crippen molar-refractivity contribution in [1.29, 1.82) is 0 Å². The van der Waals surface area contributed by atoms with Gasteiger partial charge in [0.25, 0.3) is 0 Å². The van der Waals surface area contributed by atoms with Crippen molar-refractivity contribution >= 4 is 34.9 Å². The molecule has 0 N–H and O–H groups in total. The molecule has 0 atom stereocenters. The Hall–Kier alpha value is -0.895. The molecule has 1 aromatic heterocycles. The topological polar surface area (TPSA) is 12.9 Å². The fourth-order valence-electron chi connectivity index (χ4n) is 1.10. The SMILES string of the molecule is [B]c1ccc(F)c2sc(C)nc12. The van der Waals surface area contributed by atoms with Gasteiger partial charge in [-0.25, -0.2) is 9.37 Å². The third-order valence-electron chi connectivity index (χ3n) is 1.63. The van der Waals surface area contributed by atoms with Crippen LogP contribution in [0.4, 0.5) is 4.39 Å². The van der Waals surface area contributed by atoms with E-state index in [9.17, 15) is 4.39 Å². The van der Waals surface area contributed by atoms with Crippen LogP contribution in [0.25, 0.3) is 10.2 Å². The molecule has 1 nitrogen and oxygen atoms in total. The van der Waals surface area contributed by atoms with E-state index in [1.807, 2.05) is 6.92 Å². The van der Waals surface area contributed by atoms with E-state index in [-0.39, 0.29) is 5.82 Å². The molecule has 1 heterocycles. The number of nitrogens with zero attached hydrogens (tertiary/aromatic N) is 1. The second-order valence-corrected chi connectivity index (χ2v) is 3.75. The van der Waals surface area contributed by atoms with E-state index < -0.39 is 0 Å². The van der Waals surface area contributed by atoms with Gasteiger partial charge in [0.1, 0.15) is 13.7 Å². The monoisotopic (exact) mass is 177 g/mol. The van der Waals surface area contributed by atoms with Gasteiger partial charge in [-0.15, -0.1) is 11.3 Å². The standard InChI is InChI=1S/C8H5BFNS/c1-4-11-7-5(9)2-3-6(10)8(7)12-4/h2-3H,1H3. The van der Waals surface area contributed by atoms with E-state index in [1.165, 1.54) is 23.5 Å². The molecule has 2 radical (unpaired) electrons. The molecule has 0 saturated heterocycles. The number of hydrogen-bond donors (Lipinski definition) is 0. The third kappa shape index (κ3) is 1.03. The second kappa shape index (κ2) is 2.56. The van der Waals surface area contributed by atoms with Gasteiger partial charge in [0.05, 0.1) is 15.2 Å². The molecule has 4 heteroatoms. The lowest BCUT2D eigenvalue weighted by molar-refractivity contribution is 0.642. The van der Waals surface area contributed by atoms with E-state index >= 15 is 0 Å². The van der Waals surface area contributed by atoms with Crippen LogP contribution in [0.5, 0.6) is 0 Å². The summed E-state index contributed by atoms with van der Waals surface area (Å²) < 4.78 is 13.6. The van der Waals surface area contributed by atoms with Crippen molar-refractivity contribution in [3.8, 4) is 0 Å². The fraction of sp³-hybridized carbons (Fsp3) is 0.125. The fourth-order valence-corrected chi connectivity index (χ4v) is 1.96. The van der Waals surface area contributed by atoms with Gasteiger partial charge in [-0.2, -0.15) is 0 Å². The van der Waals surface area contributed by atoms with Crippen molar-refractivity contribution in [1.82, 2.24) is 4.98 Å². The second-order valence-electron chi connectivity index (χ2n) is 2.55. The number of aromatic nitrogens is 1. The molecular formula is C8H5BFNS. The molecule has 0 spiro atoms. The highest BCUT2D eigenvalue weighted by atomic mass is 32.1. The van der Waals surface area contributed by atoms with Gasteiger partial charge < -0.3 is 0 Å². The highest BCUT2D eigenvalue weighted by Gasteiger charge is 2.06. The number of thiazole rings is 1. The van der Waals surface area contributed by atoms with Crippen LogP contribution >= 0.6 is 11.3 Å². The van der Waals surface area contributed by atoms with Crippen LogP contribution in [-0.4, -0.2) is 12.8 Å². The molecule has 2 aromatic rings. The van der Waals surface area contributed by atoms with Crippen LogP contribution in [0.3, 0.4) is 0 Å². The first-order chi connectivity index (χ1) is 5.68. The van der Waals surface area contributed by atoms with Crippen LogP contribution in [0.15, 0.2) is 12.1 Å². The first kappa shape index (κ1) is 7.74. The number of fused-ring (bicyclic) bond motifs is 1. The molecule has 0 saturated carbocycles. The van der Waals surface area contributed by atoms with Crippen molar-refractivity contribution in [2.45, 2.75) is 6.92 Å². The van der Waals surface area contributed by atoms with Crippen molar-refractivity contribution in [2.75, 3.05) is 0 Å². The molecule has 0 aliphatic carbocycles. The summed E-state index contributed by atoms with van der Waals surface area (Å²) in [7, 11) is 5.62. The van der Waals surface area contributed by atoms with Gasteiger partial charge in [0.2, 0.25) is 0 Å². The minimum absolute atomic E-state index is 0.246. The quantitative estimate of drug-likeness (QED) is 0.556. The van der Waals surface area contributed by atoms with Gasteiger partial charge in [-0.1, -0.05) is 11.5 Å². The molecule has 0 aliphatic heterocycles. The van der Waals surface area contributed by atoms with Crippen molar-refractivity contribution < 1.29 is 4.39 Å². The zero-order valence-corrected chi connectivity index (χ0v) is 7.28. The van der Waals surface area contributed by atoms with E-state index in [0.717, 1.165) is 5.01 Å². The largest absolute Gasteiger partial charge is 0.242 e. The van der Waals surface area contributed by atoms with Crippen LogP contribution in [0, 0.1) is 12.7 Å². The number of benzene rings is 1. The van der Waals surface area contributed by atoms with E-state index in [4.69, 9.17) is 7.85 Å². The van der Waals surface area contributed by atoms with E-state index in [1.54, 1.807) is 0 Å². The van der Waals surface area contributed by atoms with Crippen LogP contribution in [-0.2, 0) is 0 Å². The smallest absolute Gasteiger partial charge is 0.142 e. The van der Waals surface area contributed by atoms with E-state index in [2.05, 4.69) is 4.98 Å². The van der Waals surface area contributed by atoms with Crippen molar-refractivity contribution in [3.63, 3.8) is 0 Å². The molecule has 0 bridgehead atoms. The predicted molar refractivity (Wildman–Crippen MR) is 49.7 cm³/mol. The highest BCUT2D eigenvalue weighted by molar-refractivity contribution is 7.18.